The van der Waals surface area contributed by atoms with Gasteiger partial charge in [-0.05, 0) is 18.6 Å². The smallest absolute Gasteiger partial charge is 0.137 e. The summed E-state index contributed by atoms with van der Waals surface area (Å²) in [6, 6.07) is 4.30. The van der Waals surface area contributed by atoms with E-state index in [1.54, 1.807) is 6.07 Å². The first-order valence-electron chi connectivity index (χ1n) is 5.80. The van der Waals surface area contributed by atoms with Crippen molar-refractivity contribution in [1.82, 2.24) is 0 Å². The van der Waals surface area contributed by atoms with Crippen LogP contribution in [0.25, 0.3) is 0 Å². The van der Waals surface area contributed by atoms with E-state index in [4.69, 9.17) is 9.84 Å². The van der Waals surface area contributed by atoms with Gasteiger partial charge in [-0.25, -0.2) is 4.39 Å². The highest BCUT2D eigenvalue weighted by atomic mass is 19.1. The van der Waals surface area contributed by atoms with Crippen LogP contribution in [0.15, 0.2) is 18.2 Å². The Balaban J connectivity index is 2.77. The highest BCUT2D eigenvalue weighted by Crippen LogP contribution is 2.19. The third kappa shape index (κ3) is 4.88. The number of rotatable bonds is 5. The van der Waals surface area contributed by atoms with Crippen LogP contribution < -0.4 is 4.74 Å². The number of unbranched alkanes of at least 4 members (excludes halogenated alkanes) is 1. The molecule has 2 nitrogen and oxygen atoms in total. The van der Waals surface area contributed by atoms with Gasteiger partial charge in [-0.2, -0.15) is 0 Å². The fourth-order valence-corrected chi connectivity index (χ4v) is 1.26. The second kappa shape index (κ2) is 7.70. The standard InChI is InChI=1S/C14H17FO2/c1-2-3-10-17-14-11-13(15)8-7-12(14)6-4-5-9-16/h7-8,11,16H,2-3,5,9-10H2,1H3. The first kappa shape index (κ1) is 13.5. The van der Waals surface area contributed by atoms with Crippen LogP contribution in [0.4, 0.5) is 4.39 Å². The molecule has 0 amide bonds. The van der Waals surface area contributed by atoms with Crippen molar-refractivity contribution in [2.75, 3.05) is 13.2 Å². The molecule has 1 rings (SSSR count). The SMILES string of the molecule is CCCCOc1cc(F)ccc1C#CCCO. The van der Waals surface area contributed by atoms with Gasteiger partial charge < -0.3 is 9.84 Å². The van der Waals surface area contributed by atoms with E-state index in [9.17, 15) is 4.39 Å². The maximum atomic E-state index is 13.1. The Hall–Kier alpha value is -1.53. The van der Waals surface area contributed by atoms with Gasteiger partial charge in [0.2, 0.25) is 0 Å². The molecule has 0 atom stereocenters. The van der Waals surface area contributed by atoms with Crippen LogP contribution in [0.5, 0.6) is 5.75 Å². The fraction of sp³-hybridized carbons (Fsp3) is 0.429. The minimum atomic E-state index is -0.329. The number of hydrogen-bond acceptors (Lipinski definition) is 2. The van der Waals surface area contributed by atoms with E-state index in [-0.39, 0.29) is 12.4 Å². The van der Waals surface area contributed by atoms with Crippen LogP contribution in [0.1, 0.15) is 31.7 Å². The van der Waals surface area contributed by atoms with E-state index < -0.39 is 0 Å². The quantitative estimate of drug-likeness (QED) is 0.629. The zero-order chi connectivity index (χ0) is 12.5. The highest BCUT2D eigenvalue weighted by Gasteiger charge is 2.03. The number of hydrogen-bond donors (Lipinski definition) is 1. The largest absolute Gasteiger partial charge is 0.492 e. The molecule has 92 valence electrons. The molecule has 0 radical (unpaired) electrons. The third-order valence-electron chi connectivity index (χ3n) is 2.16. The molecule has 1 N–H and O–H groups in total. The molecular formula is C14H17FO2. The zero-order valence-electron chi connectivity index (χ0n) is 10.0. The summed E-state index contributed by atoms with van der Waals surface area (Å²) in [7, 11) is 0. The third-order valence-corrected chi connectivity index (χ3v) is 2.16. The van der Waals surface area contributed by atoms with Crippen LogP contribution in [0.3, 0.4) is 0 Å². The van der Waals surface area contributed by atoms with Crippen molar-refractivity contribution in [3.63, 3.8) is 0 Å². The van der Waals surface area contributed by atoms with Gasteiger partial charge in [0.25, 0.3) is 0 Å². The van der Waals surface area contributed by atoms with Gasteiger partial charge in [-0.15, -0.1) is 0 Å². The molecule has 3 heteroatoms. The lowest BCUT2D eigenvalue weighted by atomic mass is 10.2. The Bertz CT molecular complexity index is 404. The molecule has 1 aromatic rings. The summed E-state index contributed by atoms with van der Waals surface area (Å²) in [4.78, 5) is 0. The number of aliphatic hydroxyl groups excluding tert-OH is 1. The van der Waals surface area contributed by atoms with Crippen LogP contribution in [-0.4, -0.2) is 18.3 Å². The summed E-state index contributed by atoms with van der Waals surface area (Å²) >= 11 is 0. The average molecular weight is 236 g/mol. The Morgan fingerprint density at radius 2 is 2.24 bits per heavy atom. The van der Waals surface area contributed by atoms with E-state index in [0.717, 1.165) is 12.8 Å². The van der Waals surface area contributed by atoms with Crippen molar-refractivity contribution in [1.29, 1.82) is 0 Å². The molecule has 17 heavy (non-hydrogen) atoms. The van der Waals surface area contributed by atoms with Gasteiger partial charge in [-0.3, -0.25) is 0 Å². The first-order valence-corrected chi connectivity index (χ1v) is 5.80. The molecule has 0 unspecified atom stereocenters. The predicted octanol–water partition coefficient (Wildman–Crippen LogP) is 2.74. The maximum absolute atomic E-state index is 13.1. The van der Waals surface area contributed by atoms with E-state index in [1.165, 1.54) is 12.1 Å². The van der Waals surface area contributed by atoms with E-state index in [0.29, 0.717) is 24.3 Å². The van der Waals surface area contributed by atoms with Crippen LogP contribution in [-0.2, 0) is 0 Å². The summed E-state index contributed by atoms with van der Waals surface area (Å²) in [5, 5.41) is 8.64. The highest BCUT2D eigenvalue weighted by molar-refractivity contribution is 5.46. The van der Waals surface area contributed by atoms with Crippen molar-refractivity contribution in [3.8, 4) is 17.6 Å². The lowest BCUT2D eigenvalue weighted by molar-refractivity contribution is 0.304. The van der Waals surface area contributed by atoms with Gasteiger partial charge >= 0.3 is 0 Å². The minimum absolute atomic E-state index is 0.0280. The summed E-state index contributed by atoms with van der Waals surface area (Å²) in [6.45, 7) is 2.66. The Labute approximate surface area is 101 Å². The molecule has 0 fully saturated rings. The van der Waals surface area contributed by atoms with Crippen molar-refractivity contribution in [3.05, 3.63) is 29.6 Å². The van der Waals surface area contributed by atoms with Crippen LogP contribution >= 0.6 is 0 Å². The van der Waals surface area contributed by atoms with Gasteiger partial charge in [0.15, 0.2) is 0 Å². The van der Waals surface area contributed by atoms with E-state index >= 15 is 0 Å². The van der Waals surface area contributed by atoms with Crippen molar-refractivity contribution < 1.29 is 14.2 Å². The van der Waals surface area contributed by atoms with Crippen molar-refractivity contribution >= 4 is 0 Å². The second-order valence-corrected chi connectivity index (χ2v) is 3.62. The molecule has 0 spiro atoms. The fourth-order valence-electron chi connectivity index (χ4n) is 1.26. The van der Waals surface area contributed by atoms with Crippen molar-refractivity contribution in [2.45, 2.75) is 26.2 Å². The molecule has 0 aromatic heterocycles. The Morgan fingerprint density at radius 3 is 2.94 bits per heavy atom. The molecule has 0 aliphatic carbocycles. The predicted molar refractivity (Wildman–Crippen MR) is 65.4 cm³/mol. The maximum Gasteiger partial charge on any atom is 0.137 e. The Morgan fingerprint density at radius 1 is 1.41 bits per heavy atom. The summed E-state index contributed by atoms with van der Waals surface area (Å²) < 4.78 is 18.6. The van der Waals surface area contributed by atoms with E-state index in [1.807, 2.05) is 0 Å². The van der Waals surface area contributed by atoms with Gasteiger partial charge in [0.1, 0.15) is 11.6 Å². The van der Waals surface area contributed by atoms with Crippen molar-refractivity contribution in [2.24, 2.45) is 0 Å². The minimum Gasteiger partial charge on any atom is -0.492 e. The lowest BCUT2D eigenvalue weighted by Crippen LogP contribution is -1.99. The number of benzene rings is 1. The number of ether oxygens (including phenoxy) is 1. The number of halogens is 1. The Kier molecular flexibility index (Phi) is 6.13. The molecule has 0 aliphatic rings. The van der Waals surface area contributed by atoms with Crippen LogP contribution in [0.2, 0.25) is 0 Å². The molecule has 0 aliphatic heterocycles. The van der Waals surface area contributed by atoms with Gasteiger partial charge in [-0.1, -0.05) is 25.2 Å². The second-order valence-electron chi connectivity index (χ2n) is 3.62. The zero-order valence-corrected chi connectivity index (χ0v) is 10.0. The summed E-state index contributed by atoms with van der Waals surface area (Å²) in [6.07, 6.45) is 2.37. The summed E-state index contributed by atoms with van der Waals surface area (Å²) in [5.41, 5.74) is 0.663. The topological polar surface area (TPSA) is 29.5 Å². The molecular weight excluding hydrogens is 219 g/mol. The molecule has 0 bridgehead atoms. The molecule has 1 aromatic carbocycles. The molecule has 0 heterocycles. The van der Waals surface area contributed by atoms with Gasteiger partial charge in [0, 0.05) is 12.5 Å². The normalized spacial score (nSPS) is 9.59. The van der Waals surface area contributed by atoms with Gasteiger partial charge in [0.05, 0.1) is 18.8 Å². The monoisotopic (exact) mass is 236 g/mol. The number of aliphatic hydroxyl groups is 1. The van der Waals surface area contributed by atoms with Crippen LogP contribution in [0, 0.1) is 17.7 Å². The first-order chi connectivity index (χ1) is 8.27. The van der Waals surface area contributed by atoms with E-state index in [2.05, 4.69) is 18.8 Å². The average Bonchev–Trinajstić information content (AvgIpc) is 2.32. The summed E-state index contributed by atoms with van der Waals surface area (Å²) in [5.74, 6) is 5.81. The molecule has 0 saturated heterocycles. The lowest BCUT2D eigenvalue weighted by Gasteiger charge is -2.07. The molecule has 0 saturated carbocycles.